The highest BCUT2D eigenvalue weighted by molar-refractivity contribution is 5.89. The van der Waals surface area contributed by atoms with Crippen LogP contribution in [-0.2, 0) is 4.79 Å². The number of carbonyl (C=O) groups excluding carboxylic acids is 3. The van der Waals surface area contributed by atoms with Crippen molar-refractivity contribution in [2.75, 3.05) is 6.54 Å². The lowest BCUT2D eigenvalue weighted by Gasteiger charge is -2.19. The second-order valence-electron chi connectivity index (χ2n) is 4.96. The average Bonchev–Trinajstić information content (AvgIpc) is 2.98. The Morgan fingerprint density at radius 1 is 1.26 bits per heavy atom. The minimum absolute atomic E-state index is 0.268. The topological polar surface area (TPSA) is 115 Å². The molecule has 120 valence electrons. The average molecular weight is 320 g/mol. The second-order valence-corrected chi connectivity index (χ2v) is 4.96. The van der Waals surface area contributed by atoms with Crippen molar-refractivity contribution >= 4 is 24.2 Å². The number of urea groups is 2. The SMILES string of the molecule is O=C(CN1C(=O)N[C@H]2NC(=O)N[C@@H]21)N/N=C\c1ccc(F)cc1. The first kappa shape index (κ1) is 14.8. The van der Waals surface area contributed by atoms with Gasteiger partial charge in [-0.2, -0.15) is 5.10 Å². The van der Waals surface area contributed by atoms with Crippen LogP contribution in [0.15, 0.2) is 29.4 Å². The van der Waals surface area contributed by atoms with Gasteiger partial charge in [-0.15, -0.1) is 0 Å². The summed E-state index contributed by atoms with van der Waals surface area (Å²) in [7, 11) is 0. The highest BCUT2D eigenvalue weighted by atomic mass is 19.1. The maximum atomic E-state index is 12.7. The Bertz CT molecular complexity index is 677. The molecule has 1 aromatic rings. The van der Waals surface area contributed by atoms with Gasteiger partial charge in [0.15, 0.2) is 0 Å². The number of benzene rings is 1. The molecule has 4 N–H and O–H groups in total. The van der Waals surface area contributed by atoms with E-state index in [0.717, 1.165) is 0 Å². The van der Waals surface area contributed by atoms with Gasteiger partial charge in [0.05, 0.1) is 6.21 Å². The van der Waals surface area contributed by atoms with Crippen molar-refractivity contribution in [2.45, 2.75) is 12.3 Å². The number of hydrogen-bond acceptors (Lipinski definition) is 4. The summed E-state index contributed by atoms with van der Waals surface area (Å²) >= 11 is 0. The summed E-state index contributed by atoms with van der Waals surface area (Å²) in [5.74, 6) is -0.895. The third-order valence-corrected chi connectivity index (χ3v) is 3.34. The number of carbonyl (C=O) groups is 3. The molecule has 2 aliphatic rings. The van der Waals surface area contributed by atoms with Crippen LogP contribution in [0.25, 0.3) is 0 Å². The van der Waals surface area contributed by atoms with Crippen LogP contribution in [0.4, 0.5) is 14.0 Å². The molecule has 0 radical (unpaired) electrons. The van der Waals surface area contributed by atoms with Crippen LogP contribution in [0.2, 0.25) is 0 Å². The number of nitrogens with one attached hydrogen (secondary N) is 4. The fourth-order valence-electron chi connectivity index (χ4n) is 2.28. The van der Waals surface area contributed by atoms with Crippen LogP contribution in [0.5, 0.6) is 0 Å². The Kier molecular flexibility index (Phi) is 3.79. The lowest BCUT2D eigenvalue weighted by Crippen LogP contribution is -2.47. The molecule has 0 aromatic heterocycles. The normalized spacial score (nSPS) is 22.6. The molecule has 2 fully saturated rings. The van der Waals surface area contributed by atoms with Crippen molar-refractivity contribution in [3.8, 4) is 0 Å². The lowest BCUT2D eigenvalue weighted by atomic mass is 10.2. The fraction of sp³-hybridized carbons (Fsp3) is 0.231. The van der Waals surface area contributed by atoms with Gasteiger partial charge < -0.3 is 16.0 Å². The van der Waals surface area contributed by atoms with E-state index in [1.54, 1.807) is 0 Å². The smallest absolute Gasteiger partial charge is 0.314 e. The van der Waals surface area contributed by atoms with Crippen LogP contribution >= 0.6 is 0 Å². The molecular formula is C13H13FN6O3. The predicted molar refractivity (Wildman–Crippen MR) is 76.6 cm³/mol. The summed E-state index contributed by atoms with van der Waals surface area (Å²) in [6.07, 6.45) is 0.163. The summed E-state index contributed by atoms with van der Waals surface area (Å²) in [5, 5.41) is 11.3. The largest absolute Gasteiger partial charge is 0.321 e. The Morgan fingerprint density at radius 3 is 2.74 bits per heavy atom. The Balaban J connectivity index is 1.54. The molecule has 23 heavy (non-hydrogen) atoms. The summed E-state index contributed by atoms with van der Waals surface area (Å²) in [5.41, 5.74) is 2.88. The highest BCUT2D eigenvalue weighted by Gasteiger charge is 2.45. The van der Waals surface area contributed by atoms with Gasteiger partial charge in [-0.25, -0.2) is 19.4 Å². The summed E-state index contributed by atoms with van der Waals surface area (Å²) < 4.78 is 12.7. The number of halogens is 1. The van der Waals surface area contributed by atoms with Gasteiger partial charge in [-0.3, -0.25) is 9.69 Å². The number of hydrazone groups is 1. The van der Waals surface area contributed by atoms with Gasteiger partial charge in [0, 0.05) is 0 Å². The zero-order valence-electron chi connectivity index (χ0n) is 11.7. The minimum Gasteiger partial charge on any atom is -0.314 e. The van der Waals surface area contributed by atoms with Crippen LogP contribution in [0.1, 0.15) is 5.56 Å². The number of fused-ring (bicyclic) bond motifs is 1. The molecule has 0 spiro atoms. The van der Waals surface area contributed by atoms with E-state index < -0.39 is 30.3 Å². The molecule has 0 bridgehead atoms. The Hall–Kier alpha value is -3.17. The van der Waals surface area contributed by atoms with Gasteiger partial charge in [0.2, 0.25) is 0 Å². The van der Waals surface area contributed by atoms with Gasteiger partial charge in [-0.1, -0.05) is 12.1 Å². The van der Waals surface area contributed by atoms with Crippen LogP contribution in [-0.4, -0.2) is 48.0 Å². The van der Waals surface area contributed by atoms with Crippen molar-refractivity contribution in [1.82, 2.24) is 26.3 Å². The number of amides is 5. The molecule has 2 aliphatic heterocycles. The molecule has 10 heteroatoms. The second kappa shape index (κ2) is 5.91. The van der Waals surface area contributed by atoms with E-state index in [1.807, 2.05) is 0 Å². The zero-order chi connectivity index (χ0) is 16.4. The predicted octanol–water partition coefficient (Wildman–Crippen LogP) is -0.734. The standard InChI is InChI=1S/C13H13FN6O3/c14-8-3-1-7(2-4-8)5-15-19-9(21)6-20-11-10(17-13(20)23)16-12(22)18-11/h1-5,10-11H,6H2,(H,17,23)(H,19,21)(H2,16,18,22)/b15-5-/t10-,11-/m1/s1. The van der Waals surface area contributed by atoms with E-state index in [9.17, 15) is 18.8 Å². The third-order valence-electron chi connectivity index (χ3n) is 3.34. The van der Waals surface area contributed by atoms with Crippen molar-refractivity contribution in [1.29, 1.82) is 0 Å². The fourth-order valence-corrected chi connectivity index (χ4v) is 2.28. The first-order chi connectivity index (χ1) is 11.0. The molecule has 2 saturated heterocycles. The summed E-state index contributed by atoms with van der Waals surface area (Å²) in [6.45, 7) is -0.268. The quantitative estimate of drug-likeness (QED) is 0.433. The molecule has 2 atom stereocenters. The van der Waals surface area contributed by atoms with Gasteiger partial charge in [-0.05, 0) is 17.7 Å². The Morgan fingerprint density at radius 2 is 2.00 bits per heavy atom. The maximum Gasteiger partial charge on any atom is 0.321 e. The number of rotatable bonds is 4. The third kappa shape index (κ3) is 3.20. The molecule has 0 unspecified atom stereocenters. The van der Waals surface area contributed by atoms with E-state index in [1.165, 1.54) is 35.4 Å². The first-order valence-corrected chi connectivity index (χ1v) is 6.74. The van der Waals surface area contributed by atoms with Crippen LogP contribution in [0, 0.1) is 5.82 Å². The van der Waals surface area contributed by atoms with E-state index in [2.05, 4.69) is 26.5 Å². The van der Waals surface area contributed by atoms with Crippen molar-refractivity contribution < 1.29 is 18.8 Å². The van der Waals surface area contributed by atoms with Crippen molar-refractivity contribution in [2.24, 2.45) is 5.10 Å². The van der Waals surface area contributed by atoms with Crippen LogP contribution in [0.3, 0.4) is 0 Å². The van der Waals surface area contributed by atoms with E-state index in [-0.39, 0.29) is 12.4 Å². The summed E-state index contributed by atoms with van der Waals surface area (Å²) in [4.78, 5) is 35.9. The molecule has 2 heterocycles. The summed E-state index contributed by atoms with van der Waals surface area (Å²) in [6, 6.07) is 4.67. The monoisotopic (exact) mass is 320 g/mol. The van der Waals surface area contributed by atoms with Gasteiger partial charge in [0.25, 0.3) is 5.91 Å². The number of hydrogen-bond donors (Lipinski definition) is 4. The highest BCUT2D eigenvalue weighted by Crippen LogP contribution is 2.13. The van der Waals surface area contributed by atoms with Gasteiger partial charge in [0.1, 0.15) is 24.7 Å². The molecular weight excluding hydrogens is 307 g/mol. The molecule has 0 aliphatic carbocycles. The van der Waals surface area contributed by atoms with E-state index >= 15 is 0 Å². The van der Waals surface area contributed by atoms with E-state index in [0.29, 0.717) is 5.56 Å². The molecule has 5 amide bonds. The maximum absolute atomic E-state index is 12.7. The molecule has 9 nitrogen and oxygen atoms in total. The minimum atomic E-state index is -0.623. The van der Waals surface area contributed by atoms with E-state index in [4.69, 9.17) is 0 Å². The van der Waals surface area contributed by atoms with Crippen molar-refractivity contribution in [3.05, 3.63) is 35.6 Å². The lowest BCUT2D eigenvalue weighted by molar-refractivity contribution is -0.121. The molecule has 1 aromatic carbocycles. The first-order valence-electron chi connectivity index (χ1n) is 6.74. The van der Waals surface area contributed by atoms with Crippen molar-refractivity contribution in [3.63, 3.8) is 0 Å². The number of nitrogens with zero attached hydrogens (tertiary/aromatic N) is 2. The zero-order valence-corrected chi connectivity index (χ0v) is 11.7. The Labute approximate surface area is 129 Å². The molecule has 3 rings (SSSR count). The molecule has 0 saturated carbocycles. The van der Waals surface area contributed by atoms with Gasteiger partial charge >= 0.3 is 12.1 Å². The van der Waals surface area contributed by atoms with Crippen LogP contribution < -0.4 is 21.4 Å².